The summed E-state index contributed by atoms with van der Waals surface area (Å²) in [5, 5.41) is 0. The summed E-state index contributed by atoms with van der Waals surface area (Å²) in [6, 6.07) is 5.36. The Balaban J connectivity index is 2.18. The quantitative estimate of drug-likeness (QED) is 0.767. The van der Waals surface area contributed by atoms with Gasteiger partial charge in [-0.3, -0.25) is 0 Å². The highest BCUT2D eigenvalue weighted by Crippen LogP contribution is 2.36. The highest BCUT2D eigenvalue weighted by molar-refractivity contribution is 5.26. The van der Waals surface area contributed by atoms with Gasteiger partial charge in [0.1, 0.15) is 5.82 Å². The minimum Gasteiger partial charge on any atom is -0.324 e. The summed E-state index contributed by atoms with van der Waals surface area (Å²) in [6.07, 6.45) is 3.65. The SMILES string of the molecule is Cc1ccc(C(N)C2CCC2)cc1F. The predicted molar refractivity (Wildman–Crippen MR) is 55.4 cm³/mol. The molecule has 1 aliphatic rings. The van der Waals surface area contributed by atoms with E-state index < -0.39 is 0 Å². The molecule has 0 aliphatic heterocycles. The van der Waals surface area contributed by atoms with Crippen LogP contribution in [0.3, 0.4) is 0 Å². The number of hydrogen-bond donors (Lipinski definition) is 1. The normalized spacial score (nSPS) is 19.1. The van der Waals surface area contributed by atoms with Crippen molar-refractivity contribution in [3.05, 3.63) is 35.1 Å². The monoisotopic (exact) mass is 193 g/mol. The van der Waals surface area contributed by atoms with Crippen molar-refractivity contribution >= 4 is 0 Å². The molecule has 2 rings (SSSR count). The van der Waals surface area contributed by atoms with Gasteiger partial charge in [-0.1, -0.05) is 18.6 Å². The first-order valence-electron chi connectivity index (χ1n) is 5.20. The Labute approximate surface area is 84.1 Å². The van der Waals surface area contributed by atoms with E-state index in [1.165, 1.54) is 19.3 Å². The molecule has 1 saturated carbocycles. The standard InChI is InChI=1S/C12H16FN/c1-8-5-6-10(7-11(8)13)12(14)9-3-2-4-9/h5-7,9,12H,2-4,14H2,1H3. The zero-order chi connectivity index (χ0) is 10.1. The fourth-order valence-corrected chi connectivity index (χ4v) is 1.89. The molecule has 1 aliphatic carbocycles. The molecule has 0 bridgehead atoms. The van der Waals surface area contributed by atoms with Crippen LogP contribution in [0.5, 0.6) is 0 Å². The van der Waals surface area contributed by atoms with Crippen molar-refractivity contribution in [1.29, 1.82) is 0 Å². The largest absolute Gasteiger partial charge is 0.324 e. The molecule has 0 radical (unpaired) electrons. The van der Waals surface area contributed by atoms with Crippen molar-refractivity contribution in [1.82, 2.24) is 0 Å². The maximum Gasteiger partial charge on any atom is 0.126 e. The molecule has 0 spiro atoms. The third-order valence-corrected chi connectivity index (χ3v) is 3.24. The molecule has 1 fully saturated rings. The summed E-state index contributed by atoms with van der Waals surface area (Å²) < 4.78 is 13.3. The molecule has 14 heavy (non-hydrogen) atoms. The first kappa shape index (κ1) is 9.66. The number of hydrogen-bond acceptors (Lipinski definition) is 1. The zero-order valence-corrected chi connectivity index (χ0v) is 8.46. The van der Waals surface area contributed by atoms with Gasteiger partial charge in [0.2, 0.25) is 0 Å². The Morgan fingerprint density at radius 2 is 2.14 bits per heavy atom. The highest BCUT2D eigenvalue weighted by atomic mass is 19.1. The van der Waals surface area contributed by atoms with Crippen LogP contribution in [-0.4, -0.2) is 0 Å². The molecule has 76 valence electrons. The van der Waals surface area contributed by atoms with Crippen LogP contribution in [0, 0.1) is 18.7 Å². The van der Waals surface area contributed by atoms with Gasteiger partial charge in [-0.25, -0.2) is 4.39 Å². The van der Waals surface area contributed by atoms with Gasteiger partial charge in [-0.05, 0) is 42.9 Å². The van der Waals surface area contributed by atoms with Gasteiger partial charge in [-0.2, -0.15) is 0 Å². The zero-order valence-electron chi connectivity index (χ0n) is 8.46. The van der Waals surface area contributed by atoms with Gasteiger partial charge in [0.25, 0.3) is 0 Å². The molecule has 1 atom stereocenters. The van der Waals surface area contributed by atoms with Crippen LogP contribution in [0.1, 0.15) is 36.4 Å². The summed E-state index contributed by atoms with van der Waals surface area (Å²) in [5.74, 6) is 0.425. The van der Waals surface area contributed by atoms with Crippen LogP contribution in [-0.2, 0) is 0 Å². The molecule has 1 unspecified atom stereocenters. The van der Waals surface area contributed by atoms with Gasteiger partial charge >= 0.3 is 0 Å². The highest BCUT2D eigenvalue weighted by Gasteiger charge is 2.25. The van der Waals surface area contributed by atoms with Crippen molar-refractivity contribution in [2.24, 2.45) is 11.7 Å². The minimum atomic E-state index is -0.141. The summed E-state index contributed by atoms with van der Waals surface area (Å²) in [5.41, 5.74) is 7.68. The second kappa shape index (κ2) is 3.70. The molecule has 0 saturated heterocycles. The molecular formula is C12H16FN. The number of rotatable bonds is 2. The molecule has 0 amide bonds. The lowest BCUT2D eigenvalue weighted by molar-refractivity contribution is 0.264. The van der Waals surface area contributed by atoms with Crippen molar-refractivity contribution in [3.8, 4) is 0 Å². The van der Waals surface area contributed by atoms with Crippen LogP contribution in [0.4, 0.5) is 4.39 Å². The van der Waals surface area contributed by atoms with Crippen LogP contribution in [0.25, 0.3) is 0 Å². The van der Waals surface area contributed by atoms with Crippen LogP contribution < -0.4 is 5.73 Å². The van der Waals surface area contributed by atoms with E-state index in [0.717, 1.165) is 5.56 Å². The van der Waals surface area contributed by atoms with Crippen molar-refractivity contribution in [2.45, 2.75) is 32.2 Å². The molecule has 2 N–H and O–H groups in total. The average Bonchev–Trinajstić information content (AvgIpc) is 2.06. The van der Waals surface area contributed by atoms with Crippen LogP contribution in [0.15, 0.2) is 18.2 Å². The number of nitrogens with two attached hydrogens (primary N) is 1. The predicted octanol–water partition coefficient (Wildman–Crippen LogP) is 2.93. The van der Waals surface area contributed by atoms with E-state index in [1.807, 2.05) is 12.1 Å². The Hall–Kier alpha value is -0.890. The summed E-state index contributed by atoms with van der Waals surface area (Å²) >= 11 is 0. The van der Waals surface area contributed by atoms with E-state index >= 15 is 0 Å². The number of benzene rings is 1. The van der Waals surface area contributed by atoms with Crippen LogP contribution in [0.2, 0.25) is 0 Å². The van der Waals surface area contributed by atoms with Gasteiger partial charge in [0.05, 0.1) is 0 Å². The Morgan fingerprint density at radius 1 is 1.43 bits per heavy atom. The van der Waals surface area contributed by atoms with Gasteiger partial charge in [0, 0.05) is 6.04 Å². The van der Waals surface area contributed by atoms with E-state index in [-0.39, 0.29) is 11.9 Å². The fourth-order valence-electron chi connectivity index (χ4n) is 1.89. The lowest BCUT2D eigenvalue weighted by Crippen LogP contribution is -2.26. The van der Waals surface area contributed by atoms with E-state index in [9.17, 15) is 4.39 Å². The third kappa shape index (κ3) is 1.67. The first-order chi connectivity index (χ1) is 6.68. The number of aryl methyl sites for hydroxylation is 1. The molecule has 1 aromatic carbocycles. The maximum atomic E-state index is 13.3. The second-order valence-electron chi connectivity index (χ2n) is 4.23. The van der Waals surface area contributed by atoms with Crippen molar-refractivity contribution in [2.75, 3.05) is 0 Å². The van der Waals surface area contributed by atoms with E-state index in [4.69, 9.17) is 5.73 Å². The number of halogens is 1. The Kier molecular flexibility index (Phi) is 2.55. The van der Waals surface area contributed by atoms with Crippen molar-refractivity contribution in [3.63, 3.8) is 0 Å². The Bertz CT molecular complexity index is 331. The van der Waals surface area contributed by atoms with Gasteiger partial charge < -0.3 is 5.73 Å². The topological polar surface area (TPSA) is 26.0 Å². The lowest BCUT2D eigenvalue weighted by Gasteiger charge is -2.31. The summed E-state index contributed by atoms with van der Waals surface area (Å²) in [6.45, 7) is 1.77. The summed E-state index contributed by atoms with van der Waals surface area (Å²) in [4.78, 5) is 0. The molecular weight excluding hydrogens is 177 g/mol. The van der Waals surface area contributed by atoms with Crippen LogP contribution >= 0.6 is 0 Å². The molecule has 0 heterocycles. The average molecular weight is 193 g/mol. The third-order valence-electron chi connectivity index (χ3n) is 3.24. The lowest BCUT2D eigenvalue weighted by atomic mass is 9.77. The minimum absolute atomic E-state index is 0.0267. The van der Waals surface area contributed by atoms with Crippen molar-refractivity contribution < 1.29 is 4.39 Å². The maximum absolute atomic E-state index is 13.3. The van der Waals surface area contributed by atoms with E-state index in [0.29, 0.717) is 11.5 Å². The molecule has 2 heteroatoms. The van der Waals surface area contributed by atoms with Gasteiger partial charge in [0.15, 0.2) is 0 Å². The Morgan fingerprint density at radius 3 is 2.64 bits per heavy atom. The second-order valence-corrected chi connectivity index (χ2v) is 4.23. The fraction of sp³-hybridized carbons (Fsp3) is 0.500. The molecule has 1 nitrogen and oxygen atoms in total. The summed E-state index contributed by atoms with van der Waals surface area (Å²) in [7, 11) is 0. The van der Waals surface area contributed by atoms with E-state index in [1.54, 1.807) is 13.0 Å². The van der Waals surface area contributed by atoms with E-state index in [2.05, 4.69) is 0 Å². The first-order valence-corrected chi connectivity index (χ1v) is 5.20. The molecule has 1 aromatic rings. The van der Waals surface area contributed by atoms with Gasteiger partial charge in [-0.15, -0.1) is 0 Å². The smallest absolute Gasteiger partial charge is 0.126 e. The molecule has 0 aromatic heterocycles.